The minimum absolute atomic E-state index is 0.000113. The Hall–Kier alpha value is -4.64. The Balaban J connectivity index is 1.44. The first-order valence-electron chi connectivity index (χ1n) is 13.8. The normalized spacial score (nSPS) is 19.3. The molecule has 2 aliphatic rings. The Morgan fingerprint density at radius 2 is 1.74 bits per heavy atom. The maximum atomic E-state index is 13.5. The van der Waals surface area contributed by atoms with Crippen molar-refractivity contribution in [1.82, 2.24) is 4.90 Å². The van der Waals surface area contributed by atoms with Gasteiger partial charge in [0.1, 0.15) is 18.1 Å². The molecule has 43 heavy (non-hydrogen) atoms. The lowest BCUT2D eigenvalue weighted by atomic mass is 9.74. The van der Waals surface area contributed by atoms with Gasteiger partial charge < -0.3 is 20.1 Å². The molecule has 2 aliphatic heterocycles. The zero-order chi connectivity index (χ0) is 31.0. The summed E-state index contributed by atoms with van der Waals surface area (Å²) in [6.45, 7) is 9.62. The Kier molecular flexibility index (Phi) is 8.27. The number of nitrogens with zero attached hydrogens (tertiary/aromatic N) is 2. The van der Waals surface area contributed by atoms with Gasteiger partial charge in [-0.25, -0.2) is 9.59 Å². The molecule has 3 atom stereocenters. The lowest BCUT2D eigenvalue weighted by molar-refractivity contribution is -0.384. The molecule has 0 unspecified atom stereocenters. The number of non-ortho nitro benzene ring substituents is 1. The van der Waals surface area contributed by atoms with E-state index in [2.05, 4.69) is 6.58 Å². The van der Waals surface area contributed by atoms with Crippen molar-refractivity contribution in [3.8, 4) is 5.75 Å². The van der Waals surface area contributed by atoms with E-state index in [-0.39, 0.29) is 53.3 Å². The second-order valence-electron chi connectivity index (χ2n) is 10.9. The molecule has 0 bridgehead atoms. The second-order valence-corrected chi connectivity index (χ2v) is 12.0. The first-order chi connectivity index (χ1) is 20.5. The molecule has 3 aromatic carbocycles. The maximum Gasteiger partial charge on any atom is 0.363 e. The monoisotopic (exact) mass is 601 g/mol. The van der Waals surface area contributed by atoms with Crippen LogP contribution in [0.15, 0.2) is 83.5 Å². The number of thioether (sulfide) groups is 1. The molecule has 2 N–H and O–H groups in total. The van der Waals surface area contributed by atoms with Gasteiger partial charge in [0.15, 0.2) is 0 Å². The van der Waals surface area contributed by atoms with E-state index in [1.807, 2.05) is 57.2 Å². The van der Waals surface area contributed by atoms with E-state index < -0.39 is 16.9 Å². The molecule has 11 heteroatoms. The summed E-state index contributed by atoms with van der Waals surface area (Å²) in [7, 11) is 0. The van der Waals surface area contributed by atoms with Crippen molar-refractivity contribution in [1.29, 1.82) is 0 Å². The first-order valence-corrected chi connectivity index (χ1v) is 14.8. The number of ether oxygens (including phenoxy) is 2. The Morgan fingerprint density at radius 1 is 1.07 bits per heavy atom. The highest BCUT2D eigenvalue weighted by Crippen LogP contribution is 2.49. The Bertz CT molecular complexity index is 1680. The second kappa shape index (κ2) is 11.9. The minimum atomic E-state index is -0.975. The molecule has 0 saturated carbocycles. The number of amides is 1. The van der Waals surface area contributed by atoms with Gasteiger partial charge in [-0.3, -0.25) is 14.9 Å². The van der Waals surface area contributed by atoms with Crippen molar-refractivity contribution >= 4 is 46.1 Å². The van der Waals surface area contributed by atoms with Crippen molar-refractivity contribution in [2.45, 2.75) is 32.6 Å². The summed E-state index contributed by atoms with van der Waals surface area (Å²) in [4.78, 5) is 51.3. The van der Waals surface area contributed by atoms with Crippen LogP contribution in [-0.4, -0.2) is 40.3 Å². The van der Waals surface area contributed by atoms with Crippen LogP contribution in [0.2, 0.25) is 0 Å². The molecule has 0 aromatic heterocycles. The van der Waals surface area contributed by atoms with Crippen LogP contribution in [0.5, 0.6) is 5.75 Å². The van der Waals surface area contributed by atoms with Crippen LogP contribution in [0.3, 0.4) is 0 Å². The molecular formula is C32H31N3O7S. The van der Waals surface area contributed by atoms with Gasteiger partial charge in [0.2, 0.25) is 5.91 Å². The highest BCUT2D eigenvalue weighted by atomic mass is 32.2. The van der Waals surface area contributed by atoms with Gasteiger partial charge in [-0.2, -0.15) is 0 Å². The van der Waals surface area contributed by atoms with Crippen LogP contribution in [0.4, 0.5) is 5.69 Å². The largest absolute Gasteiger partial charge is 0.488 e. The number of hydrogen-bond acceptors (Lipinski definition) is 9. The smallest absolute Gasteiger partial charge is 0.363 e. The van der Waals surface area contributed by atoms with Gasteiger partial charge in [-0.15, -0.1) is 11.8 Å². The summed E-state index contributed by atoms with van der Waals surface area (Å²) in [5.41, 5.74) is 7.16. The quantitative estimate of drug-likeness (QED) is 0.104. The van der Waals surface area contributed by atoms with Crippen LogP contribution in [-0.2, 0) is 20.1 Å². The molecule has 5 rings (SSSR count). The van der Waals surface area contributed by atoms with E-state index in [0.29, 0.717) is 22.1 Å². The number of carbonyl (C=O) groups is 3. The minimum Gasteiger partial charge on any atom is -0.488 e. The third-order valence-corrected chi connectivity index (χ3v) is 8.80. The van der Waals surface area contributed by atoms with Gasteiger partial charge in [0, 0.05) is 34.8 Å². The zero-order valence-electron chi connectivity index (χ0n) is 23.9. The average Bonchev–Trinajstić information content (AvgIpc) is 3.22. The molecule has 0 aliphatic carbocycles. The molecule has 1 amide bonds. The number of β-lactam (4-membered cyclic amide) rings is 1. The van der Waals surface area contributed by atoms with E-state index >= 15 is 0 Å². The third-order valence-electron chi connectivity index (χ3n) is 7.98. The van der Waals surface area contributed by atoms with E-state index in [1.165, 1.54) is 28.8 Å². The van der Waals surface area contributed by atoms with Gasteiger partial charge in [0.25, 0.3) is 5.69 Å². The summed E-state index contributed by atoms with van der Waals surface area (Å²) in [5, 5.41) is 13.4. The Labute approximate surface area is 252 Å². The highest BCUT2D eigenvalue weighted by molar-refractivity contribution is 8.02. The number of esters is 2. The van der Waals surface area contributed by atoms with Gasteiger partial charge >= 0.3 is 11.9 Å². The van der Waals surface area contributed by atoms with Gasteiger partial charge in [-0.05, 0) is 35.1 Å². The molecule has 1 saturated heterocycles. The van der Waals surface area contributed by atoms with Crippen molar-refractivity contribution in [2.24, 2.45) is 23.5 Å². The molecule has 3 aromatic rings. The molecular weight excluding hydrogens is 570 g/mol. The summed E-state index contributed by atoms with van der Waals surface area (Å²) < 4.78 is 11.5. The molecule has 1 fully saturated rings. The van der Waals surface area contributed by atoms with Gasteiger partial charge in [-0.1, -0.05) is 57.7 Å². The number of nitro benzene ring substituents is 1. The van der Waals surface area contributed by atoms with E-state index in [9.17, 15) is 24.5 Å². The molecule has 0 radical (unpaired) electrons. The molecule has 0 spiro atoms. The van der Waals surface area contributed by atoms with E-state index in [4.69, 9.17) is 15.2 Å². The number of nitro groups is 1. The van der Waals surface area contributed by atoms with Crippen LogP contribution in [0, 0.1) is 27.9 Å². The average molecular weight is 602 g/mol. The van der Waals surface area contributed by atoms with Crippen LogP contribution >= 0.6 is 11.8 Å². The SMILES string of the molecule is C=C(N)SCc1cccc2c(OCC3=C(C(=O)OC(=O)c4ccc([N+](=O)[O-])cc4)N4C(=O)[C@H](C(C)C)[C@H]4[C@H]3C)cccc12. The highest BCUT2D eigenvalue weighted by Gasteiger charge is 2.59. The van der Waals surface area contributed by atoms with Crippen molar-refractivity contribution in [2.75, 3.05) is 6.61 Å². The number of fused-ring (bicyclic) bond motifs is 2. The summed E-state index contributed by atoms with van der Waals surface area (Å²) in [6.07, 6.45) is 0. The number of hydrogen-bond donors (Lipinski definition) is 1. The Morgan fingerprint density at radius 3 is 2.40 bits per heavy atom. The summed E-state index contributed by atoms with van der Waals surface area (Å²) in [6, 6.07) is 16.1. The molecule has 222 valence electrons. The summed E-state index contributed by atoms with van der Waals surface area (Å²) in [5.74, 6) is -1.35. The van der Waals surface area contributed by atoms with Crippen molar-refractivity contribution in [3.05, 3.63) is 105 Å². The predicted molar refractivity (Wildman–Crippen MR) is 163 cm³/mol. The van der Waals surface area contributed by atoms with E-state index in [0.717, 1.165) is 28.5 Å². The fourth-order valence-electron chi connectivity index (χ4n) is 5.85. The molecule has 2 heterocycles. The van der Waals surface area contributed by atoms with Crippen LogP contribution in [0.25, 0.3) is 10.8 Å². The van der Waals surface area contributed by atoms with Crippen molar-refractivity contribution in [3.63, 3.8) is 0 Å². The number of carbonyl (C=O) groups excluding carboxylic acids is 3. The number of rotatable bonds is 10. The third kappa shape index (κ3) is 5.60. The van der Waals surface area contributed by atoms with E-state index in [1.54, 1.807) is 0 Å². The van der Waals surface area contributed by atoms with Crippen molar-refractivity contribution < 1.29 is 28.8 Å². The topological polar surface area (TPSA) is 142 Å². The molecule has 10 nitrogen and oxygen atoms in total. The summed E-state index contributed by atoms with van der Waals surface area (Å²) >= 11 is 1.45. The lowest BCUT2D eigenvalue weighted by Crippen LogP contribution is -2.62. The first kappa shape index (κ1) is 29.8. The number of benzene rings is 3. The fraction of sp³-hybridized carbons (Fsp3) is 0.281. The van der Waals surface area contributed by atoms with Gasteiger partial charge in [0.05, 0.1) is 27.5 Å². The maximum absolute atomic E-state index is 13.5. The standard InChI is InChI=1S/C32H31N3O7S/c1-17(2)27-28-18(3)25(15-41-26-10-6-8-23-21(16-43-19(4)33)7-5-9-24(23)26)29(34(28)30(27)36)32(38)42-31(37)20-11-13-22(14-12-20)35(39)40/h5-14,17-18,27-28H,4,15-16,33H2,1-3H3/t18-,27+,28+/m0/s1. The fourth-order valence-corrected chi connectivity index (χ4v) is 6.44. The predicted octanol–water partition coefficient (Wildman–Crippen LogP) is 5.56. The number of nitrogens with two attached hydrogens (primary N) is 1. The van der Waals surface area contributed by atoms with Crippen LogP contribution < -0.4 is 10.5 Å². The zero-order valence-corrected chi connectivity index (χ0v) is 24.8. The van der Waals surface area contributed by atoms with Crippen LogP contribution in [0.1, 0.15) is 36.7 Å². The lowest BCUT2D eigenvalue weighted by Gasteiger charge is -2.47.